The van der Waals surface area contributed by atoms with Gasteiger partial charge in [-0.2, -0.15) is 0 Å². The molecule has 24 heavy (non-hydrogen) atoms. The summed E-state index contributed by atoms with van der Waals surface area (Å²) in [5.74, 6) is 0.436. The van der Waals surface area contributed by atoms with Crippen molar-refractivity contribution in [3.63, 3.8) is 0 Å². The van der Waals surface area contributed by atoms with E-state index in [1.54, 1.807) is 12.3 Å². The summed E-state index contributed by atoms with van der Waals surface area (Å²) in [6.45, 7) is 1.43. The molecule has 3 rings (SSSR count). The van der Waals surface area contributed by atoms with Crippen LogP contribution in [0.2, 0.25) is 0 Å². The minimum Gasteiger partial charge on any atom is -0.441 e. The fourth-order valence-corrected chi connectivity index (χ4v) is 2.31. The van der Waals surface area contributed by atoms with Gasteiger partial charge in [-0.1, -0.05) is 6.07 Å². The van der Waals surface area contributed by atoms with E-state index in [0.717, 1.165) is 16.6 Å². The summed E-state index contributed by atoms with van der Waals surface area (Å²) in [5.41, 5.74) is 8.30. The number of aryl methyl sites for hydroxylation is 1. The number of fused-ring (bicyclic) bond motifs is 1. The van der Waals surface area contributed by atoms with Crippen molar-refractivity contribution in [2.45, 2.75) is 19.8 Å². The molecule has 3 N–H and O–H groups in total. The molecule has 7 heteroatoms. The average Bonchev–Trinajstić information content (AvgIpc) is 2.95. The van der Waals surface area contributed by atoms with Crippen LogP contribution in [0, 0.1) is 0 Å². The SMILES string of the molecule is CC(=O)Nc1ccc(-c2ccc3nc(CCC(N)=O)oc3c2)cn1. The number of carbonyl (C=O) groups is 2. The summed E-state index contributed by atoms with van der Waals surface area (Å²) in [7, 11) is 0. The van der Waals surface area contributed by atoms with E-state index in [1.165, 1.54) is 6.92 Å². The Hall–Kier alpha value is -3.22. The van der Waals surface area contributed by atoms with Crippen LogP contribution in [0.1, 0.15) is 19.2 Å². The Morgan fingerprint density at radius 3 is 2.67 bits per heavy atom. The summed E-state index contributed by atoms with van der Waals surface area (Å²) in [5, 5.41) is 2.62. The highest BCUT2D eigenvalue weighted by atomic mass is 16.3. The number of hydrogen-bond donors (Lipinski definition) is 2. The van der Waals surface area contributed by atoms with Gasteiger partial charge in [-0.05, 0) is 29.8 Å². The first kappa shape index (κ1) is 15.7. The van der Waals surface area contributed by atoms with Gasteiger partial charge in [-0.3, -0.25) is 9.59 Å². The second kappa shape index (κ2) is 6.49. The Morgan fingerprint density at radius 1 is 1.21 bits per heavy atom. The van der Waals surface area contributed by atoms with E-state index in [9.17, 15) is 9.59 Å². The van der Waals surface area contributed by atoms with Crippen LogP contribution < -0.4 is 11.1 Å². The second-order valence-corrected chi connectivity index (χ2v) is 5.37. The van der Waals surface area contributed by atoms with Crippen LogP contribution in [0.15, 0.2) is 40.9 Å². The molecule has 0 saturated carbocycles. The third kappa shape index (κ3) is 3.57. The summed E-state index contributed by atoms with van der Waals surface area (Å²) in [6.07, 6.45) is 2.26. The van der Waals surface area contributed by atoms with Crippen molar-refractivity contribution < 1.29 is 14.0 Å². The molecular formula is C17H16N4O3. The average molecular weight is 324 g/mol. The molecule has 0 aliphatic rings. The van der Waals surface area contributed by atoms with E-state index in [4.69, 9.17) is 10.2 Å². The molecule has 0 atom stereocenters. The summed E-state index contributed by atoms with van der Waals surface area (Å²) < 4.78 is 5.66. The number of aromatic nitrogens is 2. The van der Waals surface area contributed by atoms with Crippen LogP contribution in [0.5, 0.6) is 0 Å². The Morgan fingerprint density at radius 2 is 2.00 bits per heavy atom. The predicted octanol–water partition coefficient (Wildman–Crippen LogP) is 2.27. The first-order valence-electron chi connectivity index (χ1n) is 7.43. The predicted molar refractivity (Wildman–Crippen MR) is 89.1 cm³/mol. The molecule has 7 nitrogen and oxygen atoms in total. The van der Waals surface area contributed by atoms with Gasteiger partial charge in [0, 0.05) is 31.5 Å². The third-order valence-corrected chi connectivity index (χ3v) is 3.42. The maximum Gasteiger partial charge on any atom is 0.222 e. The Bertz CT molecular complexity index is 900. The lowest BCUT2D eigenvalue weighted by molar-refractivity contribution is -0.118. The molecule has 0 spiro atoms. The maximum absolute atomic E-state index is 11.0. The van der Waals surface area contributed by atoms with Gasteiger partial charge in [0.1, 0.15) is 11.3 Å². The van der Waals surface area contributed by atoms with E-state index in [0.29, 0.717) is 23.7 Å². The molecule has 2 amide bonds. The minimum atomic E-state index is -0.386. The van der Waals surface area contributed by atoms with E-state index in [1.807, 2.05) is 24.3 Å². The molecule has 2 heterocycles. The lowest BCUT2D eigenvalue weighted by Gasteiger charge is -2.03. The molecule has 3 aromatic rings. The zero-order chi connectivity index (χ0) is 17.1. The first-order chi connectivity index (χ1) is 11.5. The van der Waals surface area contributed by atoms with Crippen molar-refractivity contribution in [3.05, 3.63) is 42.4 Å². The van der Waals surface area contributed by atoms with Gasteiger partial charge in [0.15, 0.2) is 11.5 Å². The topological polar surface area (TPSA) is 111 Å². The van der Waals surface area contributed by atoms with Crippen LogP contribution in [0.25, 0.3) is 22.2 Å². The van der Waals surface area contributed by atoms with E-state index >= 15 is 0 Å². The van der Waals surface area contributed by atoms with Crippen LogP contribution in [-0.2, 0) is 16.0 Å². The number of carbonyl (C=O) groups excluding carboxylic acids is 2. The van der Waals surface area contributed by atoms with Gasteiger partial charge in [0.05, 0.1) is 0 Å². The van der Waals surface area contributed by atoms with Crippen molar-refractivity contribution in [1.82, 2.24) is 9.97 Å². The van der Waals surface area contributed by atoms with Gasteiger partial charge in [-0.25, -0.2) is 9.97 Å². The Kier molecular flexibility index (Phi) is 4.24. The zero-order valence-corrected chi connectivity index (χ0v) is 13.1. The lowest BCUT2D eigenvalue weighted by Crippen LogP contribution is -2.11. The lowest BCUT2D eigenvalue weighted by atomic mass is 10.1. The number of nitrogens with one attached hydrogen (secondary N) is 1. The number of amides is 2. The van der Waals surface area contributed by atoms with Crippen LogP contribution in [-0.4, -0.2) is 21.8 Å². The normalized spacial score (nSPS) is 10.7. The highest BCUT2D eigenvalue weighted by Crippen LogP contribution is 2.25. The van der Waals surface area contributed by atoms with Crippen molar-refractivity contribution in [2.75, 3.05) is 5.32 Å². The molecule has 122 valence electrons. The number of hydrogen-bond acceptors (Lipinski definition) is 5. The summed E-state index contributed by atoms with van der Waals surface area (Å²) >= 11 is 0. The van der Waals surface area contributed by atoms with Gasteiger partial charge in [0.25, 0.3) is 0 Å². The molecule has 2 aromatic heterocycles. The van der Waals surface area contributed by atoms with Crippen molar-refractivity contribution in [1.29, 1.82) is 0 Å². The van der Waals surface area contributed by atoms with Gasteiger partial charge in [0.2, 0.25) is 11.8 Å². The van der Waals surface area contributed by atoms with Crippen LogP contribution in [0.3, 0.4) is 0 Å². The number of anilines is 1. The van der Waals surface area contributed by atoms with Crippen molar-refractivity contribution in [3.8, 4) is 11.1 Å². The fraction of sp³-hybridized carbons (Fsp3) is 0.176. The van der Waals surface area contributed by atoms with Crippen molar-refractivity contribution in [2.24, 2.45) is 5.73 Å². The number of nitrogens with zero attached hydrogens (tertiary/aromatic N) is 2. The second-order valence-electron chi connectivity index (χ2n) is 5.37. The molecular weight excluding hydrogens is 308 g/mol. The monoisotopic (exact) mass is 324 g/mol. The number of primary amides is 1. The standard InChI is InChI=1S/C17H16N4O3/c1-10(22)20-16-6-3-12(9-19-16)11-2-4-13-14(8-11)24-17(21-13)7-5-15(18)23/h2-4,6,8-9H,5,7H2,1H3,(H2,18,23)(H,19,20,22). The number of pyridine rings is 1. The van der Waals surface area contributed by atoms with Crippen LogP contribution >= 0.6 is 0 Å². The van der Waals surface area contributed by atoms with E-state index < -0.39 is 0 Å². The van der Waals surface area contributed by atoms with Crippen molar-refractivity contribution >= 4 is 28.7 Å². The Balaban J connectivity index is 1.84. The summed E-state index contributed by atoms with van der Waals surface area (Å²) in [4.78, 5) is 30.4. The van der Waals surface area contributed by atoms with Gasteiger partial charge < -0.3 is 15.5 Å². The van der Waals surface area contributed by atoms with E-state index in [2.05, 4.69) is 15.3 Å². The molecule has 0 aliphatic carbocycles. The number of benzene rings is 1. The molecule has 0 fully saturated rings. The minimum absolute atomic E-state index is 0.165. The third-order valence-electron chi connectivity index (χ3n) is 3.42. The molecule has 0 saturated heterocycles. The summed E-state index contributed by atoms with van der Waals surface area (Å²) in [6, 6.07) is 9.23. The highest BCUT2D eigenvalue weighted by Gasteiger charge is 2.09. The molecule has 0 radical (unpaired) electrons. The quantitative estimate of drug-likeness (QED) is 0.748. The molecule has 0 unspecified atom stereocenters. The largest absolute Gasteiger partial charge is 0.441 e. The molecule has 1 aromatic carbocycles. The van der Waals surface area contributed by atoms with Gasteiger partial charge in [-0.15, -0.1) is 0 Å². The number of oxazole rings is 1. The fourth-order valence-electron chi connectivity index (χ4n) is 2.31. The van der Waals surface area contributed by atoms with Crippen LogP contribution in [0.4, 0.5) is 5.82 Å². The molecule has 0 aliphatic heterocycles. The maximum atomic E-state index is 11.0. The molecule has 0 bridgehead atoms. The Labute approximate surface area is 137 Å². The smallest absolute Gasteiger partial charge is 0.222 e. The number of nitrogens with two attached hydrogens (primary N) is 1. The highest BCUT2D eigenvalue weighted by molar-refractivity contribution is 5.88. The number of rotatable bonds is 5. The first-order valence-corrected chi connectivity index (χ1v) is 7.43. The zero-order valence-electron chi connectivity index (χ0n) is 13.1. The van der Waals surface area contributed by atoms with Gasteiger partial charge >= 0.3 is 0 Å². The van der Waals surface area contributed by atoms with E-state index in [-0.39, 0.29) is 18.2 Å².